The summed E-state index contributed by atoms with van der Waals surface area (Å²) in [6.07, 6.45) is 1.61. The van der Waals surface area contributed by atoms with Gasteiger partial charge in [-0.2, -0.15) is 0 Å². The van der Waals surface area contributed by atoms with Crippen molar-refractivity contribution in [2.24, 2.45) is 5.92 Å². The Balaban J connectivity index is 1.97. The van der Waals surface area contributed by atoms with E-state index < -0.39 is 0 Å². The van der Waals surface area contributed by atoms with E-state index in [1.165, 1.54) is 11.1 Å². The zero-order chi connectivity index (χ0) is 13.9. The molecule has 2 aromatic rings. The van der Waals surface area contributed by atoms with E-state index in [-0.39, 0.29) is 5.91 Å². The van der Waals surface area contributed by atoms with Crippen LogP contribution in [0.3, 0.4) is 0 Å². The Kier molecular flexibility index (Phi) is 3.55. The van der Waals surface area contributed by atoms with E-state index in [0.29, 0.717) is 18.9 Å². The molecule has 0 fully saturated rings. The molecule has 0 saturated carbocycles. The highest BCUT2D eigenvalue weighted by atomic mass is 16.2. The minimum Gasteiger partial charge on any atom is -0.308 e. The highest BCUT2D eigenvalue weighted by Gasteiger charge is 2.25. The molecule has 20 heavy (non-hydrogen) atoms. The molecule has 0 aliphatic carbocycles. The van der Waals surface area contributed by atoms with Gasteiger partial charge in [-0.3, -0.25) is 4.79 Å². The standard InChI is InChI=1S/C18H19NO/c1-14-11-16-9-5-6-10-17(16)19(18(20)12-14)13-15-7-3-2-4-8-15/h2-10,14H,11-13H2,1H3. The van der Waals surface area contributed by atoms with Crippen LogP contribution in [0.15, 0.2) is 54.6 Å². The zero-order valence-electron chi connectivity index (χ0n) is 11.8. The molecule has 2 aromatic carbocycles. The van der Waals surface area contributed by atoms with Crippen LogP contribution in [0.4, 0.5) is 5.69 Å². The third-order valence-corrected chi connectivity index (χ3v) is 3.86. The summed E-state index contributed by atoms with van der Waals surface area (Å²) < 4.78 is 0. The molecule has 0 N–H and O–H groups in total. The second kappa shape index (κ2) is 5.49. The van der Waals surface area contributed by atoms with Crippen molar-refractivity contribution in [1.29, 1.82) is 0 Å². The van der Waals surface area contributed by atoms with E-state index >= 15 is 0 Å². The summed E-state index contributed by atoms with van der Waals surface area (Å²) in [6.45, 7) is 2.81. The van der Waals surface area contributed by atoms with Gasteiger partial charge in [-0.25, -0.2) is 0 Å². The number of hydrogen-bond acceptors (Lipinski definition) is 1. The average Bonchev–Trinajstić information content (AvgIpc) is 2.57. The van der Waals surface area contributed by atoms with Crippen molar-refractivity contribution in [3.05, 3.63) is 65.7 Å². The Labute approximate surface area is 120 Å². The number of carbonyl (C=O) groups is 1. The fraction of sp³-hybridized carbons (Fsp3) is 0.278. The van der Waals surface area contributed by atoms with Gasteiger partial charge in [-0.1, -0.05) is 55.5 Å². The molecule has 0 saturated heterocycles. The molecule has 0 aromatic heterocycles. The first-order valence-electron chi connectivity index (χ1n) is 7.16. The number of nitrogens with zero attached hydrogens (tertiary/aromatic N) is 1. The van der Waals surface area contributed by atoms with E-state index in [2.05, 4.69) is 37.3 Å². The number of hydrogen-bond donors (Lipinski definition) is 0. The fourth-order valence-electron chi connectivity index (χ4n) is 2.88. The summed E-state index contributed by atoms with van der Waals surface area (Å²) in [5.41, 5.74) is 3.53. The van der Waals surface area contributed by atoms with Gasteiger partial charge in [-0.15, -0.1) is 0 Å². The predicted octanol–water partition coefficient (Wildman–Crippen LogP) is 3.80. The maximum atomic E-state index is 12.5. The van der Waals surface area contributed by atoms with Crippen LogP contribution in [0, 0.1) is 5.92 Å². The lowest BCUT2D eigenvalue weighted by molar-refractivity contribution is -0.119. The van der Waals surface area contributed by atoms with E-state index in [1.54, 1.807) is 0 Å². The van der Waals surface area contributed by atoms with Crippen molar-refractivity contribution >= 4 is 11.6 Å². The molecule has 1 aliphatic rings. The van der Waals surface area contributed by atoms with E-state index in [0.717, 1.165) is 12.1 Å². The van der Waals surface area contributed by atoms with Crippen molar-refractivity contribution in [2.75, 3.05) is 4.90 Å². The molecule has 1 unspecified atom stereocenters. The molecule has 1 atom stereocenters. The molecule has 0 radical (unpaired) electrons. The molecule has 102 valence electrons. The van der Waals surface area contributed by atoms with Gasteiger partial charge >= 0.3 is 0 Å². The lowest BCUT2D eigenvalue weighted by Crippen LogP contribution is -2.30. The van der Waals surface area contributed by atoms with Crippen molar-refractivity contribution in [3.8, 4) is 0 Å². The largest absolute Gasteiger partial charge is 0.308 e. The maximum absolute atomic E-state index is 12.5. The van der Waals surface area contributed by atoms with Gasteiger partial charge in [0, 0.05) is 12.1 Å². The molecule has 0 bridgehead atoms. The molecule has 1 heterocycles. The number of amides is 1. The number of benzene rings is 2. The fourth-order valence-corrected chi connectivity index (χ4v) is 2.88. The lowest BCUT2D eigenvalue weighted by Gasteiger charge is -2.23. The third-order valence-electron chi connectivity index (χ3n) is 3.86. The number of anilines is 1. The van der Waals surface area contributed by atoms with E-state index in [9.17, 15) is 4.79 Å². The first-order valence-corrected chi connectivity index (χ1v) is 7.16. The van der Waals surface area contributed by atoms with Crippen LogP contribution >= 0.6 is 0 Å². The van der Waals surface area contributed by atoms with Gasteiger partial charge in [0.2, 0.25) is 5.91 Å². The maximum Gasteiger partial charge on any atom is 0.227 e. The second-order valence-corrected chi connectivity index (χ2v) is 5.61. The minimum atomic E-state index is 0.228. The van der Waals surface area contributed by atoms with Crippen molar-refractivity contribution in [2.45, 2.75) is 26.3 Å². The molecular formula is C18H19NO. The van der Waals surface area contributed by atoms with E-state index in [1.807, 2.05) is 29.2 Å². The molecule has 3 rings (SSSR count). The lowest BCUT2D eigenvalue weighted by atomic mass is 9.99. The van der Waals surface area contributed by atoms with Crippen LogP contribution in [-0.2, 0) is 17.8 Å². The quantitative estimate of drug-likeness (QED) is 0.808. The van der Waals surface area contributed by atoms with Gasteiger partial charge in [0.25, 0.3) is 0 Å². The molecule has 1 amide bonds. The van der Waals surface area contributed by atoms with Crippen LogP contribution < -0.4 is 4.90 Å². The van der Waals surface area contributed by atoms with Gasteiger partial charge in [0.05, 0.1) is 6.54 Å². The summed E-state index contributed by atoms with van der Waals surface area (Å²) in [5, 5.41) is 0. The Morgan fingerprint density at radius 2 is 1.70 bits per heavy atom. The first-order chi connectivity index (χ1) is 9.74. The van der Waals surface area contributed by atoms with E-state index in [4.69, 9.17) is 0 Å². The van der Waals surface area contributed by atoms with Crippen LogP contribution in [0.25, 0.3) is 0 Å². The molecule has 1 aliphatic heterocycles. The Bertz CT molecular complexity index is 606. The number of fused-ring (bicyclic) bond motifs is 1. The second-order valence-electron chi connectivity index (χ2n) is 5.61. The Morgan fingerprint density at radius 3 is 2.50 bits per heavy atom. The summed E-state index contributed by atoms with van der Waals surface area (Å²) in [4.78, 5) is 14.5. The van der Waals surface area contributed by atoms with Crippen molar-refractivity contribution in [3.63, 3.8) is 0 Å². The molecule has 0 spiro atoms. The highest BCUT2D eigenvalue weighted by Crippen LogP contribution is 2.30. The topological polar surface area (TPSA) is 20.3 Å². The Hall–Kier alpha value is -2.09. The Morgan fingerprint density at radius 1 is 1.00 bits per heavy atom. The van der Waals surface area contributed by atoms with Gasteiger partial charge in [0.15, 0.2) is 0 Å². The SMILES string of the molecule is CC1CC(=O)N(Cc2ccccc2)c2ccccc2C1. The van der Waals surface area contributed by atoms with Gasteiger partial charge in [-0.05, 0) is 29.5 Å². The van der Waals surface area contributed by atoms with Gasteiger partial charge in [0.1, 0.15) is 0 Å². The number of carbonyl (C=O) groups excluding carboxylic acids is 1. The molecular weight excluding hydrogens is 246 g/mol. The van der Waals surface area contributed by atoms with Crippen LogP contribution in [0.2, 0.25) is 0 Å². The molecule has 2 heteroatoms. The summed E-state index contributed by atoms with van der Waals surface area (Å²) >= 11 is 0. The first kappa shape index (κ1) is 12.9. The number of rotatable bonds is 2. The minimum absolute atomic E-state index is 0.228. The normalized spacial score (nSPS) is 18.6. The third kappa shape index (κ3) is 2.60. The smallest absolute Gasteiger partial charge is 0.227 e. The summed E-state index contributed by atoms with van der Waals surface area (Å²) in [7, 11) is 0. The van der Waals surface area contributed by atoms with Crippen LogP contribution in [0.5, 0.6) is 0 Å². The molecule has 2 nitrogen and oxygen atoms in total. The monoisotopic (exact) mass is 265 g/mol. The highest BCUT2D eigenvalue weighted by molar-refractivity contribution is 5.95. The number of para-hydroxylation sites is 1. The van der Waals surface area contributed by atoms with Gasteiger partial charge < -0.3 is 4.90 Å². The van der Waals surface area contributed by atoms with Crippen molar-refractivity contribution < 1.29 is 4.79 Å². The predicted molar refractivity (Wildman–Crippen MR) is 81.6 cm³/mol. The van der Waals surface area contributed by atoms with Crippen molar-refractivity contribution in [1.82, 2.24) is 0 Å². The average molecular weight is 265 g/mol. The summed E-state index contributed by atoms with van der Waals surface area (Å²) in [6, 6.07) is 18.5. The van der Waals surface area contributed by atoms with Crippen LogP contribution in [-0.4, -0.2) is 5.91 Å². The zero-order valence-corrected chi connectivity index (χ0v) is 11.8. The summed E-state index contributed by atoms with van der Waals surface area (Å²) in [5.74, 6) is 0.635. The van der Waals surface area contributed by atoms with Crippen LogP contribution in [0.1, 0.15) is 24.5 Å².